The second kappa shape index (κ2) is 5.19. The third kappa shape index (κ3) is 2.88. The molecule has 100 valence electrons. The van der Waals surface area contributed by atoms with Gasteiger partial charge in [-0.15, -0.1) is 0 Å². The lowest BCUT2D eigenvalue weighted by Crippen LogP contribution is -2.26. The Hall–Kier alpha value is -1.58. The van der Waals surface area contributed by atoms with Crippen LogP contribution in [0.2, 0.25) is 0 Å². The molecule has 0 saturated carbocycles. The Balaban J connectivity index is 1.69. The molecule has 1 fully saturated rings. The first-order valence-corrected chi connectivity index (χ1v) is 6.84. The van der Waals surface area contributed by atoms with Crippen LogP contribution in [0.1, 0.15) is 17.7 Å². The Bertz CT molecular complexity index is 544. The lowest BCUT2D eigenvalue weighted by molar-refractivity contribution is 0.327. The van der Waals surface area contributed by atoms with Crippen LogP contribution in [0.4, 0.5) is 0 Å². The van der Waals surface area contributed by atoms with E-state index < -0.39 is 0 Å². The first kappa shape index (κ1) is 12.5. The maximum Gasteiger partial charge on any atom is 0.134 e. The van der Waals surface area contributed by atoms with Crippen LogP contribution < -0.4 is 5.73 Å². The van der Waals surface area contributed by atoms with Crippen molar-refractivity contribution in [2.24, 2.45) is 5.73 Å². The summed E-state index contributed by atoms with van der Waals surface area (Å²) in [6.07, 6.45) is 1.11. The summed E-state index contributed by atoms with van der Waals surface area (Å²) in [6, 6.07) is 13.0. The van der Waals surface area contributed by atoms with E-state index in [1.807, 2.05) is 19.1 Å². The average Bonchev–Trinajstić information content (AvgIpc) is 3.00. The van der Waals surface area contributed by atoms with Crippen molar-refractivity contribution in [3.05, 3.63) is 47.7 Å². The summed E-state index contributed by atoms with van der Waals surface area (Å²) in [5, 5.41) is 0. The van der Waals surface area contributed by atoms with Crippen LogP contribution in [0.15, 0.2) is 40.8 Å². The maximum atomic E-state index is 5.93. The van der Waals surface area contributed by atoms with Crippen molar-refractivity contribution < 1.29 is 4.42 Å². The van der Waals surface area contributed by atoms with E-state index >= 15 is 0 Å². The molecule has 3 nitrogen and oxygen atoms in total. The third-order valence-electron chi connectivity index (χ3n) is 3.69. The van der Waals surface area contributed by atoms with E-state index in [-0.39, 0.29) is 0 Å². The smallest absolute Gasteiger partial charge is 0.134 e. The third-order valence-corrected chi connectivity index (χ3v) is 3.69. The van der Waals surface area contributed by atoms with E-state index in [1.165, 1.54) is 5.56 Å². The molecule has 0 unspecified atom stereocenters. The summed E-state index contributed by atoms with van der Waals surface area (Å²) in [6.45, 7) is 5.08. The predicted octanol–water partition coefficient (Wildman–Crippen LogP) is 2.79. The minimum Gasteiger partial charge on any atom is -0.461 e. The Kier molecular flexibility index (Phi) is 3.40. The van der Waals surface area contributed by atoms with E-state index in [0.717, 1.165) is 43.1 Å². The second-order valence-corrected chi connectivity index (χ2v) is 5.39. The van der Waals surface area contributed by atoms with Crippen molar-refractivity contribution in [3.8, 4) is 11.3 Å². The van der Waals surface area contributed by atoms with Gasteiger partial charge in [0, 0.05) is 31.2 Å². The zero-order valence-electron chi connectivity index (χ0n) is 11.3. The lowest BCUT2D eigenvalue weighted by atomic mass is 10.1. The number of furan rings is 1. The van der Waals surface area contributed by atoms with Gasteiger partial charge in [0.1, 0.15) is 11.5 Å². The molecule has 2 N–H and O–H groups in total. The van der Waals surface area contributed by atoms with Crippen molar-refractivity contribution in [2.75, 3.05) is 13.1 Å². The van der Waals surface area contributed by atoms with E-state index in [2.05, 4.69) is 29.2 Å². The molecule has 2 aromatic rings. The topological polar surface area (TPSA) is 42.4 Å². The van der Waals surface area contributed by atoms with Gasteiger partial charge in [0.2, 0.25) is 0 Å². The van der Waals surface area contributed by atoms with Gasteiger partial charge >= 0.3 is 0 Å². The summed E-state index contributed by atoms with van der Waals surface area (Å²) in [7, 11) is 0. The monoisotopic (exact) mass is 256 g/mol. The van der Waals surface area contributed by atoms with Crippen LogP contribution in [0.25, 0.3) is 11.3 Å². The Labute approximate surface area is 114 Å². The number of nitrogens with zero attached hydrogens (tertiary/aromatic N) is 1. The largest absolute Gasteiger partial charge is 0.461 e. The highest BCUT2D eigenvalue weighted by atomic mass is 16.3. The van der Waals surface area contributed by atoms with E-state index in [0.29, 0.717) is 6.04 Å². The number of hydrogen-bond donors (Lipinski definition) is 1. The van der Waals surface area contributed by atoms with Crippen LogP contribution in [0.3, 0.4) is 0 Å². The molecule has 0 spiro atoms. The maximum absolute atomic E-state index is 5.93. The SMILES string of the molecule is Cc1ccc(-c2ccc(CN3CC[C@@H](N)C3)cc2)o1. The first-order valence-electron chi connectivity index (χ1n) is 6.84. The quantitative estimate of drug-likeness (QED) is 0.918. The number of likely N-dealkylation sites (tertiary alicyclic amines) is 1. The van der Waals surface area contributed by atoms with Gasteiger partial charge in [0.25, 0.3) is 0 Å². The molecule has 2 heterocycles. The van der Waals surface area contributed by atoms with Gasteiger partial charge in [-0.3, -0.25) is 4.90 Å². The molecule has 3 rings (SSSR count). The van der Waals surface area contributed by atoms with Crippen molar-refractivity contribution in [3.63, 3.8) is 0 Å². The van der Waals surface area contributed by atoms with Gasteiger partial charge in [0.05, 0.1) is 0 Å². The van der Waals surface area contributed by atoms with Crippen LogP contribution in [-0.4, -0.2) is 24.0 Å². The van der Waals surface area contributed by atoms with Gasteiger partial charge < -0.3 is 10.2 Å². The average molecular weight is 256 g/mol. The molecule has 3 heteroatoms. The number of hydrogen-bond acceptors (Lipinski definition) is 3. The summed E-state index contributed by atoms with van der Waals surface area (Å²) < 4.78 is 5.63. The van der Waals surface area contributed by atoms with Gasteiger partial charge in [-0.2, -0.15) is 0 Å². The molecular weight excluding hydrogens is 236 g/mol. The van der Waals surface area contributed by atoms with Crippen molar-refractivity contribution in [1.29, 1.82) is 0 Å². The van der Waals surface area contributed by atoms with E-state index in [9.17, 15) is 0 Å². The summed E-state index contributed by atoms with van der Waals surface area (Å²) in [5.41, 5.74) is 8.40. The highest BCUT2D eigenvalue weighted by Gasteiger charge is 2.18. The summed E-state index contributed by atoms with van der Waals surface area (Å²) >= 11 is 0. The molecule has 1 aromatic carbocycles. The zero-order chi connectivity index (χ0) is 13.2. The molecular formula is C16H20N2O. The molecule has 1 saturated heterocycles. The molecule has 0 radical (unpaired) electrons. The standard InChI is InChI=1S/C16H20N2O/c1-12-2-7-16(19-12)14-5-3-13(4-6-14)10-18-9-8-15(17)11-18/h2-7,15H,8-11,17H2,1H3/t15-/m1/s1. The Morgan fingerprint density at radius 2 is 2.00 bits per heavy atom. The number of benzene rings is 1. The molecule has 1 aromatic heterocycles. The molecule has 19 heavy (non-hydrogen) atoms. The normalized spacial score (nSPS) is 20.0. The van der Waals surface area contributed by atoms with Gasteiger partial charge in [0.15, 0.2) is 0 Å². The van der Waals surface area contributed by atoms with Crippen molar-refractivity contribution in [1.82, 2.24) is 4.90 Å². The molecule has 1 aliphatic heterocycles. The minimum atomic E-state index is 0.352. The van der Waals surface area contributed by atoms with Crippen LogP contribution in [0.5, 0.6) is 0 Å². The minimum absolute atomic E-state index is 0.352. The lowest BCUT2D eigenvalue weighted by Gasteiger charge is -2.15. The van der Waals surface area contributed by atoms with Crippen molar-refractivity contribution in [2.45, 2.75) is 25.9 Å². The fourth-order valence-corrected chi connectivity index (χ4v) is 2.63. The van der Waals surface area contributed by atoms with Crippen LogP contribution in [-0.2, 0) is 6.54 Å². The van der Waals surface area contributed by atoms with Gasteiger partial charge in [-0.25, -0.2) is 0 Å². The molecule has 1 atom stereocenters. The molecule has 1 aliphatic rings. The molecule has 0 aliphatic carbocycles. The zero-order valence-corrected chi connectivity index (χ0v) is 11.3. The van der Waals surface area contributed by atoms with Crippen molar-refractivity contribution >= 4 is 0 Å². The Morgan fingerprint density at radius 3 is 2.58 bits per heavy atom. The van der Waals surface area contributed by atoms with E-state index in [4.69, 9.17) is 10.2 Å². The van der Waals surface area contributed by atoms with Crippen LogP contribution >= 0.6 is 0 Å². The molecule has 0 bridgehead atoms. The van der Waals surface area contributed by atoms with Gasteiger partial charge in [-0.05, 0) is 31.0 Å². The fourth-order valence-electron chi connectivity index (χ4n) is 2.63. The fraction of sp³-hybridized carbons (Fsp3) is 0.375. The second-order valence-electron chi connectivity index (χ2n) is 5.39. The predicted molar refractivity (Wildman–Crippen MR) is 76.8 cm³/mol. The summed E-state index contributed by atoms with van der Waals surface area (Å²) in [4.78, 5) is 2.41. The highest BCUT2D eigenvalue weighted by molar-refractivity contribution is 5.57. The van der Waals surface area contributed by atoms with Gasteiger partial charge in [-0.1, -0.05) is 24.3 Å². The number of nitrogens with two attached hydrogens (primary N) is 1. The number of rotatable bonds is 3. The van der Waals surface area contributed by atoms with E-state index in [1.54, 1.807) is 0 Å². The first-order chi connectivity index (χ1) is 9.20. The summed E-state index contributed by atoms with van der Waals surface area (Å²) in [5.74, 6) is 1.89. The number of aryl methyl sites for hydroxylation is 1. The van der Waals surface area contributed by atoms with Crippen LogP contribution in [0, 0.1) is 6.92 Å². The Morgan fingerprint density at radius 1 is 1.21 bits per heavy atom. The highest BCUT2D eigenvalue weighted by Crippen LogP contribution is 2.23. The molecule has 0 amide bonds.